The minimum Gasteiger partial charge on any atom is -0.475 e. The maximum Gasteiger partial charge on any atom is 0.573 e. The van der Waals surface area contributed by atoms with Crippen LogP contribution >= 0.6 is 11.6 Å². The third-order valence-electron chi connectivity index (χ3n) is 6.05. The molecule has 0 saturated carbocycles. The van der Waals surface area contributed by atoms with Gasteiger partial charge in [0.25, 0.3) is 0 Å². The minimum absolute atomic E-state index is 0.305. The zero-order valence-electron chi connectivity index (χ0n) is 18.0. The first-order valence-corrected chi connectivity index (χ1v) is 10.9. The van der Waals surface area contributed by atoms with E-state index in [1.54, 1.807) is 19.2 Å². The SMILES string of the molecule is Cn1c(=O)nc(N2CCC3(CC2)COC(c2ccc(OC(F)(F)F)cc2)=N3)c2nc(Cl)ccc21. The van der Waals surface area contributed by atoms with Gasteiger partial charge in [-0.05, 0) is 49.2 Å². The molecule has 0 bridgehead atoms. The van der Waals surface area contributed by atoms with E-state index < -0.39 is 11.9 Å². The van der Waals surface area contributed by atoms with Crippen LogP contribution in [0.25, 0.3) is 11.0 Å². The van der Waals surface area contributed by atoms with Gasteiger partial charge in [-0.15, -0.1) is 13.2 Å². The Hall–Kier alpha value is -3.34. The molecule has 8 nitrogen and oxygen atoms in total. The third-order valence-corrected chi connectivity index (χ3v) is 6.26. The fraction of sp³-hybridized carbons (Fsp3) is 0.364. The molecule has 1 aromatic carbocycles. The Balaban J connectivity index is 1.34. The summed E-state index contributed by atoms with van der Waals surface area (Å²) < 4.78 is 48.3. The number of rotatable bonds is 3. The van der Waals surface area contributed by atoms with Gasteiger partial charge in [0.15, 0.2) is 5.82 Å². The van der Waals surface area contributed by atoms with E-state index in [-0.39, 0.29) is 11.4 Å². The lowest BCUT2D eigenvalue weighted by molar-refractivity contribution is -0.274. The average molecular weight is 494 g/mol. The van der Waals surface area contributed by atoms with E-state index in [1.807, 2.05) is 4.90 Å². The largest absolute Gasteiger partial charge is 0.573 e. The molecule has 2 aliphatic heterocycles. The summed E-state index contributed by atoms with van der Waals surface area (Å²) in [6.45, 7) is 1.51. The van der Waals surface area contributed by atoms with Gasteiger partial charge in [0, 0.05) is 25.7 Å². The molecular formula is C22H19ClF3N5O3. The highest BCUT2D eigenvalue weighted by Crippen LogP contribution is 2.35. The number of piperidine rings is 1. The molecule has 0 atom stereocenters. The summed E-state index contributed by atoms with van der Waals surface area (Å²) >= 11 is 6.09. The topological polar surface area (TPSA) is 81.8 Å². The third kappa shape index (κ3) is 4.27. The molecule has 3 aromatic rings. The van der Waals surface area contributed by atoms with Crippen LogP contribution in [-0.2, 0) is 11.8 Å². The lowest BCUT2D eigenvalue weighted by atomic mass is 9.89. The second kappa shape index (κ2) is 8.15. The summed E-state index contributed by atoms with van der Waals surface area (Å²) in [4.78, 5) is 27.8. The Morgan fingerprint density at radius 1 is 1.09 bits per heavy atom. The monoisotopic (exact) mass is 493 g/mol. The van der Waals surface area contributed by atoms with Crippen molar-refractivity contribution in [3.63, 3.8) is 0 Å². The first-order valence-electron chi connectivity index (χ1n) is 10.5. The number of pyridine rings is 1. The van der Waals surface area contributed by atoms with Gasteiger partial charge < -0.3 is 14.4 Å². The van der Waals surface area contributed by atoms with E-state index in [2.05, 4.69) is 14.7 Å². The fourth-order valence-electron chi connectivity index (χ4n) is 4.23. The van der Waals surface area contributed by atoms with Crippen molar-refractivity contribution in [2.75, 3.05) is 24.6 Å². The molecule has 0 N–H and O–H groups in total. The minimum atomic E-state index is -4.75. The summed E-state index contributed by atoms with van der Waals surface area (Å²) in [7, 11) is 1.64. The van der Waals surface area contributed by atoms with Crippen molar-refractivity contribution in [3.05, 3.63) is 57.6 Å². The fourth-order valence-corrected chi connectivity index (χ4v) is 4.37. The van der Waals surface area contributed by atoms with E-state index in [0.717, 1.165) is 0 Å². The van der Waals surface area contributed by atoms with Gasteiger partial charge in [-0.1, -0.05) is 11.6 Å². The number of aromatic nitrogens is 3. The predicted octanol–water partition coefficient (Wildman–Crippen LogP) is 3.70. The summed E-state index contributed by atoms with van der Waals surface area (Å²) in [5, 5.41) is 0.313. The average Bonchev–Trinajstić information content (AvgIpc) is 3.20. The Labute approximate surface area is 196 Å². The molecule has 0 aliphatic carbocycles. The van der Waals surface area contributed by atoms with Crippen molar-refractivity contribution in [1.82, 2.24) is 14.5 Å². The first-order chi connectivity index (χ1) is 16.1. The molecule has 1 saturated heterocycles. The van der Waals surface area contributed by atoms with Crippen LogP contribution in [0.2, 0.25) is 5.15 Å². The number of benzene rings is 1. The molecule has 1 fully saturated rings. The van der Waals surface area contributed by atoms with Crippen molar-refractivity contribution < 1.29 is 22.6 Å². The number of nitrogens with zero attached hydrogens (tertiary/aromatic N) is 5. The molecule has 2 aromatic heterocycles. The van der Waals surface area contributed by atoms with Crippen molar-refractivity contribution in [2.45, 2.75) is 24.7 Å². The lowest BCUT2D eigenvalue weighted by Crippen LogP contribution is -2.45. The molecule has 12 heteroatoms. The molecule has 5 rings (SSSR count). The van der Waals surface area contributed by atoms with Crippen molar-refractivity contribution >= 4 is 34.3 Å². The van der Waals surface area contributed by atoms with E-state index in [9.17, 15) is 18.0 Å². The Morgan fingerprint density at radius 2 is 1.79 bits per heavy atom. The van der Waals surface area contributed by atoms with Gasteiger partial charge in [-0.2, -0.15) is 4.98 Å². The number of aryl methyl sites for hydroxylation is 1. The van der Waals surface area contributed by atoms with E-state index in [4.69, 9.17) is 21.3 Å². The van der Waals surface area contributed by atoms with E-state index >= 15 is 0 Å². The summed E-state index contributed by atoms with van der Waals surface area (Å²) in [5.41, 5.74) is 0.940. The van der Waals surface area contributed by atoms with Gasteiger partial charge in [0.05, 0.1) is 5.52 Å². The second-order valence-electron chi connectivity index (χ2n) is 8.27. The molecule has 4 heterocycles. The Morgan fingerprint density at radius 3 is 2.47 bits per heavy atom. The van der Waals surface area contributed by atoms with Gasteiger partial charge >= 0.3 is 12.1 Å². The van der Waals surface area contributed by atoms with Crippen LogP contribution in [0.15, 0.2) is 46.2 Å². The van der Waals surface area contributed by atoms with Crippen molar-refractivity contribution in [2.24, 2.45) is 12.0 Å². The zero-order valence-corrected chi connectivity index (χ0v) is 18.7. The highest BCUT2D eigenvalue weighted by Gasteiger charge is 2.41. The van der Waals surface area contributed by atoms with Gasteiger partial charge in [0.1, 0.15) is 28.6 Å². The molecule has 178 valence electrons. The number of halogens is 4. The van der Waals surface area contributed by atoms with E-state index in [0.29, 0.717) is 66.0 Å². The van der Waals surface area contributed by atoms with E-state index in [1.165, 1.54) is 28.8 Å². The molecule has 0 unspecified atom stereocenters. The molecule has 2 aliphatic rings. The highest BCUT2D eigenvalue weighted by atomic mass is 35.5. The van der Waals surface area contributed by atoms with Crippen LogP contribution in [0.4, 0.5) is 19.0 Å². The molecule has 0 radical (unpaired) electrons. The number of fused-ring (bicyclic) bond motifs is 1. The Kier molecular flexibility index (Phi) is 5.38. The van der Waals surface area contributed by atoms with Crippen LogP contribution in [0.1, 0.15) is 18.4 Å². The van der Waals surface area contributed by atoms with Crippen LogP contribution in [0.5, 0.6) is 5.75 Å². The van der Waals surface area contributed by atoms with Gasteiger partial charge in [0.2, 0.25) is 5.90 Å². The summed E-state index contributed by atoms with van der Waals surface area (Å²) in [6, 6.07) is 8.81. The lowest BCUT2D eigenvalue weighted by Gasteiger charge is -2.36. The number of anilines is 1. The van der Waals surface area contributed by atoms with Crippen molar-refractivity contribution in [1.29, 1.82) is 0 Å². The Bertz CT molecular complexity index is 1330. The number of aliphatic imine (C=N–C) groups is 1. The zero-order chi connectivity index (χ0) is 24.1. The summed E-state index contributed by atoms with van der Waals surface area (Å²) in [6.07, 6.45) is -3.46. The van der Waals surface area contributed by atoms with Crippen LogP contribution in [-0.4, -0.2) is 52.0 Å². The standard InChI is InChI=1S/C22H19ClF3N5O3/c1-30-15-6-7-16(23)27-17(15)18(28-20(30)32)31-10-8-21(9-11-31)12-33-19(29-21)13-2-4-14(5-3-13)34-22(24,25)26/h2-7H,8-12H2,1H3. The smallest absolute Gasteiger partial charge is 0.475 e. The normalized spacial score (nSPS) is 17.7. The van der Waals surface area contributed by atoms with Crippen LogP contribution in [0.3, 0.4) is 0 Å². The van der Waals surface area contributed by atoms with Crippen LogP contribution < -0.4 is 15.3 Å². The molecule has 0 amide bonds. The first kappa shape index (κ1) is 22.5. The predicted molar refractivity (Wildman–Crippen MR) is 120 cm³/mol. The maximum atomic E-state index is 12.4. The number of hydrogen-bond acceptors (Lipinski definition) is 7. The van der Waals surface area contributed by atoms with Gasteiger partial charge in [-0.25, -0.2) is 14.8 Å². The maximum absolute atomic E-state index is 12.4. The second-order valence-corrected chi connectivity index (χ2v) is 8.66. The molecule has 1 spiro atoms. The van der Waals surface area contributed by atoms with Crippen LogP contribution in [0, 0.1) is 0 Å². The van der Waals surface area contributed by atoms with Crippen molar-refractivity contribution in [3.8, 4) is 5.75 Å². The number of alkyl halides is 3. The number of hydrogen-bond donors (Lipinski definition) is 0. The molecular weight excluding hydrogens is 475 g/mol. The highest BCUT2D eigenvalue weighted by molar-refractivity contribution is 6.29. The number of ether oxygens (including phenoxy) is 2. The molecule has 34 heavy (non-hydrogen) atoms. The van der Waals surface area contributed by atoms with Gasteiger partial charge in [-0.3, -0.25) is 4.57 Å². The quantitative estimate of drug-likeness (QED) is 0.518. The summed E-state index contributed by atoms with van der Waals surface area (Å²) in [5.74, 6) is 0.566.